The molecule has 0 spiro atoms. The molecule has 188 valence electrons. The minimum Gasteiger partial charge on any atom is -0.351 e. The molecule has 3 fully saturated rings. The van der Waals surface area contributed by atoms with E-state index >= 15 is 0 Å². The zero-order valence-corrected chi connectivity index (χ0v) is 21.2. The Kier molecular flexibility index (Phi) is 6.23. The molecule has 36 heavy (non-hydrogen) atoms. The normalized spacial score (nSPS) is 24.9. The Morgan fingerprint density at radius 1 is 1.14 bits per heavy atom. The van der Waals surface area contributed by atoms with Gasteiger partial charge in [0.25, 0.3) is 0 Å². The molecule has 6 rings (SSSR count). The number of piperidine rings is 2. The maximum Gasteiger partial charge on any atom is 0.225 e. The molecule has 9 nitrogen and oxygen atoms in total. The van der Waals surface area contributed by atoms with Crippen molar-refractivity contribution in [1.29, 1.82) is 5.26 Å². The maximum atomic E-state index is 9.09. The van der Waals surface area contributed by atoms with Gasteiger partial charge in [-0.25, -0.2) is 4.98 Å². The third-order valence-corrected chi connectivity index (χ3v) is 8.15. The Balaban J connectivity index is 1.28. The molecule has 1 aromatic carbocycles. The number of H-pyrrole nitrogens is 1. The first-order valence-corrected chi connectivity index (χ1v) is 13.2. The summed E-state index contributed by atoms with van der Waals surface area (Å²) in [6.45, 7) is 5.06. The predicted molar refractivity (Wildman–Crippen MR) is 141 cm³/mol. The summed E-state index contributed by atoms with van der Waals surface area (Å²) in [5.41, 5.74) is 3.30. The van der Waals surface area contributed by atoms with Crippen molar-refractivity contribution in [2.24, 2.45) is 0 Å². The average molecular weight is 486 g/mol. The van der Waals surface area contributed by atoms with Gasteiger partial charge in [0, 0.05) is 67.2 Å². The molecule has 2 bridgehead atoms. The van der Waals surface area contributed by atoms with Crippen LogP contribution in [-0.4, -0.2) is 74.8 Å². The van der Waals surface area contributed by atoms with Gasteiger partial charge in [-0.05, 0) is 57.4 Å². The van der Waals surface area contributed by atoms with Gasteiger partial charge >= 0.3 is 0 Å². The molecular weight excluding hydrogens is 450 g/mol. The Labute approximate surface area is 212 Å². The molecule has 3 aliphatic rings. The van der Waals surface area contributed by atoms with E-state index in [2.05, 4.69) is 61.9 Å². The summed E-state index contributed by atoms with van der Waals surface area (Å²) in [4.78, 5) is 14.9. The Bertz CT molecular complexity index is 1260. The SMILES string of the molecule is Cc1cc(Nc2nc(NC3C[C@H]4CCC[C@@H](C3)N4CCC#N)nc3cc(C4CN(C)C4)ccc23)n[nH]1. The number of anilines is 3. The molecule has 5 heterocycles. The van der Waals surface area contributed by atoms with Gasteiger partial charge in [-0.3, -0.25) is 10.00 Å². The predicted octanol–water partition coefficient (Wildman–Crippen LogP) is 4.15. The van der Waals surface area contributed by atoms with Crippen LogP contribution < -0.4 is 10.6 Å². The second-order valence-electron chi connectivity index (χ2n) is 10.8. The molecule has 0 amide bonds. The van der Waals surface area contributed by atoms with Crippen molar-refractivity contribution >= 4 is 28.5 Å². The van der Waals surface area contributed by atoms with E-state index in [0.717, 1.165) is 60.7 Å². The number of benzene rings is 1. The molecule has 2 aromatic heterocycles. The number of rotatable bonds is 7. The molecule has 9 heteroatoms. The first kappa shape index (κ1) is 23.2. The van der Waals surface area contributed by atoms with E-state index in [9.17, 15) is 0 Å². The number of nitrogens with one attached hydrogen (secondary N) is 3. The number of fused-ring (bicyclic) bond motifs is 3. The monoisotopic (exact) mass is 485 g/mol. The first-order valence-electron chi connectivity index (χ1n) is 13.2. The zero-order valence-electron chi connectivity index (χ0n) is 21.2. The highest BCUT2D eigenvalue weighted by molar-refractivity contribution is 5.92. The summed E-state index contributed by atoms with van der Waals surface area (Å²) in [7, 11) is 2.16. The van der Waals surface area contributed by atoms with Gasteiger partial charge in [-0.1, -0.05) is 12.5 Å². The van der Waals surface area contributed by atoms with E-state index in [1.165, 1.54) is 24.8 Å². The van der Waals surface area contributed by atoms with Crippen molar-refractivity contribution < 1.29 is 0 Å². The summed E-state index contributed by atoms with van der Waals surface area (Å²) in [6, 6.07) is 12.3. The van der Waals surface area contributed by atoms with Crippen molar-refractivity contribution in [2.45, 2.75) is 69.5 Å². The fraction of sp³-hybridized carbons (Fsp3) is 0.556. The Morgan fingerprint density at radius 3 is 2.64 bits per heavy atom. The third-order valence-electron chi connectivity index (χ3n) is 8.15. The van der Waals surface area contributed by atoms with Gasteiger partial charge in [0.05, 0.1) is 11.6 Å². The van der Waals surface area contributed by atoms with E-state index in [1.54, 1.807) is 0 Å². The molecule has 3 atom stereocenters. The number of hydrogen-bond donors (Lipinski definition) is 3. The van der Waals surface area contributed by atoms with E-state index in [1.807, 2.05) is 13.0 Å². The Hall–Kier alpha value is -3.22. The lowest BCUT2D eigenvalue weighted by molar-refractivity contribution is 0.0369. The van der Waals surface area contributed by atoms with Crippen molar-refractivity contribution in [3.63, 3.8) is 0 Å². The van der Waals surface area contributed by atoms with Crippen LogP contribution in [0.2, 0.25) is 0 Å². The van der Waals surface area contributed by atoms with E-state index < -0.39 is 0 Å². The minimum absolute atomic E-state index is 0.333. The second-order valence-corrected chi connectivity index (χ2v) is 10.8. The number of hydrogen-bond acceptors (Lipinski definition) is 8. The second kappa shape index (κ2) is 9.68. The molecule has 0 saturated carbocycles. The van der Waals surface area contributed by atoms with E-state index in [-0.39, 0.29) is 0 Å². The van der Waals surface area contributed by atoms with Crippen LogP contribution in [0.15, 0.2) is 24.3 Å². The number of nitriles is 1. The standard InChI is InChI=1S/C27H35N9/c1-17-11-25(34-33-17)31-26-23-8-7-18(19-15-35(2)16-19)12-24(23)30-27(32-26)29-20-13-21-5-3-6-22(14-20)36(21)10-4-9-28/h7-8,11-12,19-22H,3-6,10,13-16H2,1-2H3,(H3,29,30,31,32,33,34)/t20?,21-,22+. The number of likely N-dealkylation sites (tertiary alicyclic amines) is 1. The molecule has 1 unspecified atom stereocenters. The summed E-state index contributed by atoms with van der Waals surface area (Å²) in [6.07, 6.45) is 6.46. The van der Waals surface area contributed by atoms with Crippen LogP contribution in [-0.2, 0) is 0 Å². The van der Waals surface area contributed by atoms with Gasteiger partial charge in [0.1, 0.15) is 5.82 Å². The minimum atomic E-state index is 0.333. The summed E-state index contributed by atoms with van der Waals surface area (Å²) < 4.78 is 0. The molecule has 3 N–H and O–H groups in total. The van der Waals surface area contributed by atoms with Crippen LogP contribution >= 0.6 is 0 Å². The highest BCUT2D eigenvalue weighted by Crippen LogP contribution is 2.36. The van der Waals surface area contributed by atoms with Gasteiger partial charge in [-0.15, -0.1) is 0 Å². The summed E-state index contributed by atoms with van der Waals surface area (Å²) in [5.74, 6) is 2.77. The molecule has 0 aliphatic carbocycles. The smallest absolute Gasteiger partial charge is 0.225 e. The lowest BCUT2D eigenvalue weighted by Crippen LogP contribution is -2.55. The molecule has 0 radical (unpaired) electrons. The fourth-order valence-corrected chi connectivity index (χ4v) is 6.40. The van der Waals surface area contributed by atoms with Crippen LogP contribution in [0.25, 0.3) is 10.9 Å². The maximum absolute atomic E-state index is 9.09. The van der Waals surface area contributed by atoms with Crippen molar-refractivity contribution in [2.75, 3.05) is 37.3 Å². The largest absolute Gasteiger partial charge is 0.351 e. The van der Waals surface area contributed by atoms with Gasteiger partial charge in [0.15, 0.2) is 5.82 Å². The first-order chi connectivity index (χ1) is 17.6. The van der Waals surface area contributed by atoms with Gasteiger partial charge in [0.2, 0.25) is 5.95 Å². The Morgan fingerprint density at radius 2 is 1.94 bits per heavy atom. The number of aromatic nitrogens is 4. The van der Waals surface area contributed by atoms with Crippen molar-refractivity contribution in [3.8, 4) is 6.07 Å². The fourth-order valence-electron chi connectivity index (χ4n) is 6.40. The van der Waals surface area contributed by atoms with Crippen LogP contribution in [0.3, 0.4) is 0 Å². The van der Waals surface area contributed by atoms with Gasteiger partial charge < -0.3 is 15.5 Å². The topological polar surface area (TPSA) is 109 Å². The van der Waals surface area contributed by atoms with E-state index in [0.29, 0.717) is 36.4 Å². The summed E-state index contributed by atoms with van der Waals surface area (Å²) >= 11 is 0. The van der Waals surface area contributed by atoms with Crippen LogP contribution in [0.1, 0.15) is 55.7 Å². The quantitative estimate of drug-likeness (QED) is 0.458. The third kappa shape index (κ3) is 4.63. The van der Waals surface area contributed by atoms with Gasteiger partial charge in [-0.2, -0.15) is 15.3 Å². The number of aromatic amines is 1. The van der Waals surface area contributed by atoms with E-state index in [4.69, 9.17) is 15.2 Å². The van der Waals surface area contributed by atoms with Crippen molar-refractivity contribution in [1.82, 2.24) is 30.0 Å². The van der Waals surface area contributed by atoms with Crippen LogP contribution in [0.5, 0.6) is 0 Å². The lowest BCUT2D eigenvalue weighted by Gasteiger charge is -2.48. The molecule has 3 aromatic rings. The number of nitrogens with zero attached hydrogens (tertiary/aromatic N) is 6. The highest BCUT2D eigenvalue weighted by Gasteiger charge is 2.38. The summed E-state index contributed by atoms with van der Waals surface area (Å²) in [5, 5.41) is 24.6. The zero-order chi connectivity index (χ0) is 24.6. The van der Waals surface area contributed by atoms with Crippen LogP contribution in [0, 0.1) is 18.3 Å². The molecule has 3 saturated heterocycles. The molecule has 3 aliphatic heterocycles. The average Bonchev–Trinajstić information content (AvgIpc) is 3.24. The lowest BCUT2D eigenvalue weighted by atomic mass is 9.81. The molecular formula is C27H35N9. The number of likely N-dealkylation sites (N-methyl/N-ethyl adjacent to an activating group) is 1. The highest BCUT2D eigenvalue weighted by atomic mass is 15.2. The van der Waals surface area contributed by atoms with Crippen LogP contribution in [0.4, 0.5) is 17.6 Å². The number of aryl methyl sites for hydroxylation is 1. The van der Waals surface area contributed by atoms with Crippen molar-refractivity contribution in [3.05, 3.63) is 35.5 Å².